The van der Waals surface area contributed by atoms with E-state index in [1.807, 2.05) is 5.12 Å². The largest absolute Gasteiger partial charge is 0.389 e. The summed E-state index contributed by atoms with van der Waals surface area (Å²) in [5.41, 5.74) is 9.54. The van der Waals surface area contributed by atoms with Crippen molar-refractivity contribution in [1.29, 1.82) is 0 Å². The smallest absolute Gasteiger partial charge is 0.111 e. The third-order valence-electron chi connectivity index (χ3n) is 6.56. The van der Waals surface area contributed by atoms with E-state index < -0.39 is 36.6 Å². The fourth-order valence-electron chi connectivity index (χ4n) is 4.58. The van der Waals surface area contributed by atoms with Crippen LogP contribution in [0.1, 0.15) is 30.4 Å². The molecule has 178 valence electrons. The number of aliphatic hydroxyl groups excluding tert-OH is 5. The number of hydrogen-bond acceptors (Lipinski definition) is 10. The van der Waals surface area contributed by atoms with E-state index in [1.165, 1.54) is 37.9 Å². The second-order valence-corrected chi connectivity index (χ2v) is 9.01. The quantitative estimate of drug-likeness (QED) is 0.238. The van der Waals surface area contributed by atoms with E-state index in [0.717, 1.165) is 17.8 Å². The third-order valence-corrected chi connectivity index (χ3v) is 6.56. The molecule has 0 bridgehead atoms. The summed E-state index contributed by atoms with van der Waals surface area (Å²) in [5.74, 6) is 0. The average molecular weight is 450 g/mol. The Morgan fingerprint density at radius 3 is 1.97 bits per heavy atom. The zero-order valence-electron chi connectivity index (χ0n) is 18.1. The molecule has 1 aromatic rings. The number of nitrogens with zero attached hydrogens (tertiary/aromatic N) is 2. The minimum atomic E-state index is -1.59. The summed E-state index contributed by atoms with van der Waals surface area (Å²) in [6.45, 7) is 4.24. The number of aliphatic hydroxyl groups is 5. The molecule has 1 aromatic carbocycles. The molecule has 0 amide bonds. The molecule has 4 rings (SSSR count). The van der Waals surface area contributed by atoms with Gasteiger partial charge in [0.15, 0.2) is 0 Å². The van der Waals surface area contributed by atoms with Gasteiger partial charge in [0.2, 0.25) is 0 Å². The van der Waals surface area contributed by atoms with Crippen LogP contribution in [-0.4, -0.2) is 91.7 Å². The number of likely N-dealkylation sites (tertiary alicyclic amines) is 1. The molecule has 0 radical (unpaired) electrons. The fourth-order valence-corrected chi connectivity index (χ4v) is 4.58. The van der Waals surface area contributed by atoms with Crippen LogP contribution in [-0.2, 0) is 13.1 Å². The summed E-state index contributed by atoms with van der Waals surface area (Å²) < 4.78 is 0. The Bertz CT molecular complexity index is 756. The molecule has 0 spiro atoms. The lowest BCUT2D eigenvalue weighted by molar-refractivity contribution is -0.189. The van der Waals surface area contributed by atoms with Crippen molar-refractivity contribution < 1.29 is 25.5 Å². The van der Waals surface area contributed by atoms with Crippen molar-refractivity contribution in [3.05, 3.63) is 47.3 Å². The monoisotopic (exact) mass is 449 g/mol. The molecule has 2 fully saturated rings. The highest BCUT2D eigenvalue weighted by molar-refractivity contribution is 5.23. The lowest BCUT2D eigenvalue weighted by atomic mass is 9.83. The molecule has 4 atom stereocenters. The number of piperidine rings is 1. The van der Waals surface area contributed by atoms with Crippen LogP contribution >= 0.6 is 0 Å². The fraction of sp³-hybridized carbons (Fsp3) is 0.636. The van der Waals surface area contributed by atoms with Crippen LogP contribution in [0.15, 0.2) is 36.2 Å². The number of nitrogens with one attached hydrogen (secondary N) is 3. The zero-order chi connectivity index (χ0) is 22.7. The highest BCUT2D eigenvalue weighted by Crippen LogP contribution is 2.22. The topological polar surface area (TPSA) is 144 Å². The van der Waals surface area contributed by atoms with Crippen molar-refractivity contribution in [2.75, 3.05) is 19.6 Å². The molecule has 3 aliphatic rings. The van der Waals surface area contributed by atoms with Crippen LogP contribution in [0.4, 0.5) is 0 Å². The molecule has 10 nitrogen and oxygen atoms in total. The summed E-state index contributed by atoms with van der Waals surface area (Å²) in [4.78, 5) is 2.50. The Morgan fingerprint density at radius 1 is 0.781 bits per heavy atom. The Balaban J connectivity index is 1.22. The molecular weight excluding hydrogens is 414 g/mol. The molecular formula is C22H35N5O5. The molecule has 32 heavy (non-hydrogen) atoms. The normalized spacial score (nSPS) is 34.1. The summed E-state index contributed by atoms with van der Waals surface area (Å²) in [6, 6.07) is 7.62. The second kappa shape index (κ2) is 10.4. The first kappa shape index (κ1) is 23.4. The van der Waals surface area contributed by atoms with Gasteiger partial charge >= 0.3 is 0 Å². The van der Waals surface area contributed by atoms with Crippen molar-refractivity contribution in [3.8, 4) is 0 Å². The van der Waals surface area contributed by atoms with Gasteiger partial charge in [-0.25, -0.2) is 0 Å². The van der Waals surface area contributed by atoms with E-state index in [2.05, 4.69) is 45.3 Å². The zero-order valence-corrected chi connectivity index (χ0v) is 18.1. The third kappa shape index (κ3) is 5.41. The Kier molecular flexibility index (Phi) is 7.64. The van der Waals surface area contributed by atoms with Crippen molar-refractivity contribution >= 4 is 0 Å². The summed E-state index contributed by atoms with van der Waals surface area (Å²) in [5, 5.41) is 54.4. The summed E-state index contributed by atoms with van der Waals surface area (Å²) >= 11 is 0. The van der Waals surface area contributed by atoms with Gasteiger partial charge in [0.25, 0.3) is 0 Å². The average Bonchev–Trinajstić information content (AvgIpc) is 3.25. The maximum absolute atomic E-state index is 10.1. The van der Waals surface area contributed by atoms with E-state index in [9.17, 15) is 25.5 Å². The lowest BCUT2D eigenvalue weighted by Gasteiger charge is -2.42. The van der Waals surface area contributed by atoms with Crippen molar-refractivity contribution in [2.45, 2.75) is 68.9 Å². The van der Waals surface area contributed by atoms with Gasteiger partial charge in [-0.15, -0.1) is 5.12 Å². The van der Waals surface area contributed by atoms with Gasteiger partial charge in [-0.05, 0) is 37.1 Å². The predicted molar refractivity (Wildman–Crippen MR) is 117 cm³/mol. The number of hydrazine groups is 2. The minimum absolute atomic E-state index is 0.257. The molecule has 1 saturated carbocycles. The number of hydrogen-bond donors (Lipinski definition) is 8. The van der Waals surface area contributed by atoms with Gasteiger partial charge in [0, 0.05) is 19.3 Å². The van der Waals surface area contributed by atoms with Gasteiger partial charge in [0.1, 0.15) is 30.5 Å². The SMILES string of the molecule is OC1C(O)C(O)C(NCC2=CNN(Cc3ccc(CN4CCCCC4)cc3)N2)C(O)C1O. The van der Waals surface area contributed by atoms with Gasteiger partial charge in [-0.2, -0.15) is 0 Å². The van der Waals surface area contributed by atoms with E-state index in [4.69, 9.17) is 0 Å². The molecule has 2 heterocycles. The first-order valence-corrected chi connectivity index (χ1v) is 11.4. The van der Waals surface area contributed by atoms with Crippen LogP contribution in [0.25, 0.3) is 0 Å². The van der Waals surface area contributed by atoms with Crippen LogP contribution in [0.5, 0.6) is 0 Å². The van der Waals surface area contributed by atoms with Gasteiger partial charge in [-0.3, -0.25) is 4.90 Å². The molecule has 1 saturated heterocycles. The maximum atomic E-state index is 10.1. The highest BCUT2D eigenvalue weighted by Gasteiger charge is 2.48. The molecule has 0 aromatic heterocycles. The lowest BCUT2D eigenvalue weighted by Crippen LogP contribution is -2.67. The van der Waals surface area contributed by atoms with Crippen LogP contribution < -0.4 is 16.2 Å². The van der Waals surface area contributed by atoms with Crippen molar-refractivity contribution in [2.24, 2.45) is 0 Å². The summed E-state index contributed by atoms with van der Waals surface area (Å²) in [6.07, 6.45) is -1.80. The molecule has 10 heteroatoms. The van der Waals surface area contributed by atoms with E-state index in [-0.39, 0.29) is 6.54 Å². The molecule has 4 unspecified atom stereocenters. The molecule has 8 N–H and O–H groups in total. The van der Waals surface area contributed by atoms with Gasteiger partial charge in [0.05, 0.1) is 18.3 Å². The van der Waals surface area contributed by atoms with Crippen molar-refractivity contribution in [3.63, 3.8) is 0 Å². The Morgan fingerprint density at radius 2 is 1.34 bits per heavy atom. The van der Waals surface area contributed by atoms with Gasteiger partial charge in [-0.1, -0.05) is 30.7 Å². The first-order valence-electron chi connectivity index (χ1n) is 11.4. The van der Waals surface area contributed by atoms with Crippen LogP contribution in [0, 0.1) is 0 Å². The number of benzene rings is 1. The first-order chi connectivity index (χ1) is 15.4. The Hall–Kier alpha value is -1.76. The van der Waals surface area contributed by atoms with E-state index >= 15 is 0 Å². The van der Waals surface area contributed by atoms with Crippen LogP contribution in [0.2, 0.25) is 0 Å². The van der Waals surface area contributed by atoms with Gasteiger partial charge < -0.3 is 41.7 Å². The Labute approximate surface area is 188 Å². The number of rotatable bonds is 7. The molecule has 2 aliphatic heterocycles. The van der Waals surface area contributed by atoms with E-state index in [1.54, 1.807) is 6.20 Å². The second-order valence-electron chi connectivity index (χ2n) is 9.01. The van der Waals surface area contributed by atoms with Crippen LogP contribution in [0.3, 0.4) is 0 Å². The maximum Gasteiger partial charge on any atom is 0.111 e. The summed E-state index contributed by atoms with van der Waals surface area (Å²) in [7, 11) is 0. The minimum Gasteiger partial charge on any atom is -0.389 e. The predicted octanol–water partition coefficient (Wildman–Crippen LogP) is -1.88. The highest BCUT2D eigenvalue weighted by atomic mass is 16.4. The molecule has 1 aliphatic carbocycles. The van der Waals surface area contributed by atoms with Crippen molar-refractivity contribution in [1.82, 2.24) is 26.2 Å². The standard InChI is InChI=1S/C22H35N5O5/c28-18-17(19(29)21(31)22(32)20(18)30)23-10-16-11-24-27(25-16)13-15-6-4-14(5-7-15)12-26-8-2-1-3-9-26/h4-7,11,17-25,28-32H,1-3,8-10,12-13H2. The van der Waals surface area contributed by atoms with E-state index in [0.29, 0.717) is 6.54 Å².